The second-order valence-electron chi connectivity index (χ2n) is 1.60. The van der Waals surface area contributed by atoms with Crippen molar-refractivity contribution in [3.8, 4) is 0 Å². The van der Waals surface area contributed by atoms with E-state index >= 15 is 0 Å². The van der Waals surface area contributed by atoms with Crippen LogP contribution in [0.4, 0.5) is 0 Å². The van der Waals surface area contributed by atoms with Crippen LogP contribution in [0.3, 0.4) is 0 Å². The fourth-order valence-electron chi connectivity index (χ4n) is 0.356. The topological polar surface area (TPSA) is 20.2 Å². The Labute approximate surface area is 74.9 Å². The van der Waals surface area contributed by atoms with Crippen LogP contribution in [0.2, 0.25) is 0 Å². The second-order valence-corrected chi connectivity index (χ2v) is 2.96. The maximum Gasteiger partial charge on any atom is 0.132 e. The molecule has 0 bridgehead atoms. The summed E-state index contributed by atoms with van der Waals surface area (Å²) in [5.41, 5.74) is -0.985. The molecule has 4 heteroatoms. The molecule has 0 fully saturated rings. The van der Waals surface area contributed by atoms with Crippen LogP contribution in [0.25, 0.3) is 0 Å². The summed E-state index contributed by atoms with van der Waals surface area (Å²) in [7, 11) is 0. The Hall–Kier alpha value is 0.310. The van der Waals surface area contributed by atoms with Gasteiger partial charge in [-0.15, -0.1) is 0 Å². The van der Waals surface area contributed by atoms with Gasteiger partial charge in [0.05, 0.1) is 5.03 Å². The Kier molecular flexibility index (Phi) is 5.18. The molecule has 1 atom stereocenters. The molecule has 0 radical (unpaired) electrons. The zero-order valence-corrected chi connectivity index (χ0v) is 7.42. The van der Waals surface area contributed by atoms with Gasteiger partial charge in [0.25, 0.3) is 0 Å². The Morgan fingerprint density at radius 1 is 1.60 bits per heavy atom. The summed E-state index contributed by atoms with van der Waals surface area (Å²) in [5, 5.41) is 9.26. The Bertz CT molecular complexity index is 151. The summed E-state index contributed by atoms with van der Waals surface area (Å²) in [6.07, 6.45) is 1.54. The maximum atomic E-state index is 8.62. The lowest BCUT2D eigenvalue weighted by molar-refractivity contribution is 0.259. The fraction of sp³-hybridized carbons (Fsp3) is 0.333. The van der Waals surface area contributed by atoms with Crippen LogP contribution in [0.1, 0.15) is 6.42 Å². The van der Waals surface area contributed by atoms with Crippen molar-refractivity contribution >= 4 is 34.8 Å². The van der Waals surface area contributed by atoms with E-state index in [0.29, 0.717) is 10.1 Å². The van der Waals surface area contributed by atoms with E-state index in [0.717, 1.165) is 0 Å². The first-order valence-electron chi connectivity index (χ1n) is 2.56. The molecule has 0 amide bonds. The van der Waals surface area contributed by atoms with Crippen molar-refractivity contribution in [1.82, 2.24) is 0 Å². The summed E-state index contributed by atoms with van der Waals surface area (Å²) < 4.78 is 0. The predicted octanol–water partition coefficient (Wildman–Crippen LogP) is 2.81. The summed E-state index contributed by atoms with van der Waals surface area (Å²) in [6.45, 7) is 3.39. The highest BCUT2D eigenvalue weighted by molar-refractivity contribution is 6.40. The average Bonchev–Trinajstić information content (AvgIpc) is 1.85. The molecule has 0 aromatic heterocycles. The van der Waals surface area contributed by atoms with Crippen LogP contribution in [0, 0.1) is 0 Å². The molecule has 0 saturated heterocycles. The van der Waals surface area contributed by atoms with E-state index in [4.69, 9.17) is 39.9 Å². The lowest BCUT2D eigenvalue weighted by Crippen LogP contribution is -1.94. The van der Waals surface area contributed by atoms with E-state index in [2.05, 4.69) is 6.58 Å². The van der Waals surface area contributed by atoms with Crippen molar-refractivity contribution in [3.63, 3.8) is 0 Å². The van der Waals surface area contributed by atoms with Gasteiger partial charge in [-0.3, -0.25) is 0 Å². The number of aliphatic hydroxyl groups is 1. The molecule has 0 aliphatic heterocycles. The molecule has 0 saturated carbocycles. The van der Waals surface area contributed by atoms with Gasteiger partial charge in [0.15, 0.2) is 0 Å². The lowest BCUT2D eigenvalue weighted by atomic mass is 10.4. The Balaban J connectivity index is 4.04. The summed E-state index contributed by atoms with van der Waals surface area (Å²) in [6, 6.07) is 0. The first-order chi connectivity index (χ1) is 4.57. The quantitative estimate of drug-likeness (QED) is 0.550. The molecule has 0 spiro atoms. The van der Waals surface area contributed by atoms with Gasteiger partial charge in [0.2, 0.25) is 0 Å². The Morgan fingerprint density at radius 3 is 2.40 bits per heavy atom. The monoisotopic (exact) mass is 200 g/mol. The van der Waals surface area contributed by atoms with E-state index in [-0.39, 0.29) is 6.42 Å². The van der Waals surface area contributed by atoms with E-state index in [1.54, 1.807) is 0 Å². The smallest absolute Gasteiger partial charge is 0.132 e. The second kappa shape index (κ2) is 5.03. The average molecular weight is 201 g/mol. The third kappa shape index (κ3) is 4.18. The molecule has 0 heterocycles. The summed E-state index contributed by atoms with van der Waals surface area (Å²) in [4.78, 5) is 0. The fourth-order valence-corrected chi connectivity index (χ4v) is 0.890. The molecular weight excluding hydrogens is 194 g/mol. The number of rotatable bonds is 3. The van der Waals surface area contributed by atoms with Crippen LogP contribution in [-0.2, 0) is 0 Å². The first kappa shape index (κ1) is 10.3. The number of aliphatic hydroxyl groups excluding tert-OH is 1. The zero-order valence-electron chi connectivity index (χ0n) is 5.15. The van der Waals surface area contributed by atoms with Gasteiger partial charge in [-0.25, -0.2) is 0 Å². The number of halogens is 3. The van der Waals surface area contributed by atoms with Crippen molar-refractivity contribution < 1.29 is 5.11 Å². The van der Waals surface area contributed by atoms with E-state index in [1.165, 1.54) is 6.08 Å². The minimum absolute atomic E-state index is 0.147. The van der Waals surface area contributed by atoms with Crippen molar-refractivity contribution in [1.29, 1.82) is 0 Å². The van der Waals surface area contributed by atoms with Crippen molar-refractivity contribution in [3.05, 3.63) is 22.7 Å². The van der Waals surface area contributed by atoms with Gasteiger partial charge in [-0.1, -0.05) is 41.4 Å². The van der Waals surface area contributed by atoms with Crippen LogP contribution < -0.4 is 0 Å². The van der Waals surface area contributed by atoms with Crippen molar-refractivity contribution in [2.24, 2.45) is 0 Å². The highest BCUT2D eigenvalue weighted by atomic mass is 35.5. The summed E-state index contributed by atoms with van der Waals surface area (Å²) in [5.74, 6) is 0. The standard InChI is InChI=1S/C6H7Cl3O/c1-2-4(7)5(8)3-6(9)10/h2,6,10H,1,3H2/b5-4-. The van der Waals surface area contributed by atoms with Gasteiger partial charge < -0.3 is 5.11 Å². The molecule has 0 rings (SSSR count). The number of hydrogen-bond acceptors (Lipinski definition) is 1. The SMILES string of the molecule is C=C/C(Cl)=C(/Cl)CC(O)Cl. The minimum atomic E-state index is -0.985. The number of alkyl halides is 1. The predicted molar refractivity (Wildman–Crippen MR) is 45.4 cm³/mol. The van der Waals surface area contributed by atoms with E-state index in [1.807, 2.05) is 0 Å². The van der Waals surface area contributed by atoms with E-state index in [9.17, 15) is 0 Å². The van der Waals surface area contributed by atoms with Gasteiger partial charge in [-0.05, 0) is 6.08 Å². The number of hydrogen-bond donors (Lipinski definition) is 1. The van der Waals surface area contributed by atoms with Crippen LogP contribution in [0.15, 0.2) is 22.7 Å². The van der Waals surface area contributed by atoms with Gasteiger partial charge in [0, 0.05) is 11.5 Å². The van der Waals surface area contributed by atoms with Crippen LogP contribution in [-0.4, -0.2) is 10.7 Å². The van der Waals surface area contributed by atoms with Crippen LogP contribution in [0.5, 0.6) is 0 Å². The highest BCUT2D eigenvalue weighted by Gasteiger charge is 2.03. The minimum Gasteiger partial charge on any atom is -0.377 e. The molecule has 10 heavy (non-hydrogen) atoms. The molecule has 1 N–H and O–H groups in total. The Morgan fingerprint density at radius 2 is 2.10 bits per heavy atom. The molecule has 1 unspecified atom stereocenters. The van der Waals surface area contributed by atoms with Gasteiger partial charge in [0.1, 0.15) is 5.56 Å². The van der Waals surface area contributed by atoms with Crippen molar-refractivity contribution in [2.75, 3.05) is 0 Å². The third-order valence-corrected chi connectivity index (χ3v) is 1.78. The number of allylic oxidation sites excluding steroid dienone is 2. The van der Waals surface area contributed by atoms with Crippen molar-refractivity contribution in [2.45, 2.75) is 12.0 Å². The first-order valence-corrected chi connectivity index (χ1v) is 3.76. The molecule has 0 aliphatic rings. The molecule has 0 aromatic rings. The molecule has 1 nitrogen and oxygen atoms in total. The largest absolute Gasteiger partial charge is 0.377 e. The van der Waals surface area contributed by atoms with Gasteiger partial charge in [-0.2, -0.15) is 0 Å². The van der Waals surface area contributed by atoms with Gasteiger partial charge >= 0.3 is 0 Å². The third-order valence-electron chi connectivity index (χ3n) is 0.786. The molecule has 0 aliphatic carbocycles. The van der Waals surface area contributed by atoms with E-state index < -0.39 is 5.56 Å². The maximum absolute atomic E-state index is 8.62. The lowest BCUT2D eigenvalue weighted by Gasteiger charge is -2.00. The molecular formula is C6H7Cl3O. The zero-order chi connectivity index (χ0) is 8.15. The normalized spacial score (nSPS) is 16.0. The summed E-state index contributed by atoms with van der Waals surface area (Å²) >= 11 is 16.3. The molecule has 0 aromatic carbocycles. The van der Waals surface area contributed by atoms with Crippen LogP contribution >= 0.6 is 34.8 Å². The highest BCUT2D eigenvalue weighted by Crippen LogP contribution is 2.20. The molecule has 58 valence electrons.